The Morgan fingerprint density at radius 1 is 1.40 bits per heavy atom. The standard InChI is InChI=1S/C9H18N2O2S.ClH/c12-5-1-2-10-8-9(13)11-3-6-14-7-4-11;/h10,12H,1-8H2;1H. The molecule has 4 nitrogen and oxygen atoms in total. The van der Waals surface area contributed by atoms with E-state index < -0.39 is 0 Å². The SMILES string of the molecule is Cl.O=C(CNCCCO)N1CCSCC1. The molecule has 1 saturated heterocycles. The molecule has 0 bridgehead atoms. The van der Waals surface area contributed by atoms with Crippen molar-refractivity contribution >= 4 is 30.1 Å². The summed E-state index contributed by atoms with van der Waals surface area (Å²) in [5.41, 5.74) is 0. The number of halogens is 1. The molecule has 1 amide bonds. The lowest BCUT2D eigenvalue weighted by molar-refractivity contribution is -0.129. The van der Waals surface area contributed by atoms with Gasteiger partial charge in [-0.25, -0.2) is 0 Å². The van der Waals surface area contributed by atoms with Gasteiger partial charge in [0.1, 0.15) is 0 Å². The highest BCUT2D eigenvalue weighted by Gasteiger charge is 2.15. The summed E-state index contributed by atoms with van der Waals surface area (Å²) in [5.74, 6) is 2.30. The maximum absolute atomic E-state index is 11.6. The molecule has 0 atom stereocenters. The van der Waals surface area contributed by atoms with E-state index in [4.69, 9.17) is 5.11 Å². The van der Waals surface area contributed by atoms with Crippen LogP contribution in [0.1, 0.15) is 6.42 Å². The van der Waals surface area contributed by atoms with Crippen LogP contribution in [0.5, 0.6) is 0 Å². The van der Waals surface area contributed by atoms with Crippen molar-refractivity contribution in [3.63, 3.8) is 0 Å². The van der Waals surface area contributed by atoms with Crippen LogP contribution in [0.2, 0.25) is 0 Å². The van der Waals surface area contributed by atoms with E-state index in [0.29, 0.717) is 19.5 Å². The molecule has 0 aromatic rings. The Balaban J connectivity index is 0.00000196. The molecule has 90 valence electrons. The van der Waals surface area contributed by atoms with Crippen LogP contribution in [0.4, 0.5) is 0 Å². The largest absolute Gasteiger partial charge is 0.396 e. The van der Waals surface area contributed by atoms with Gasteiger partial charge in [0.25, 0.3) is 0 Å². The summed E-state index contributed by atoms with van der Waals surface area (Å²) in [7, 11) is 0. The number of amides is 1. The van der Waals surface area contributed by atoms with Gasteiger partial charge in [0.15, 0.2) is 0 Å². The van der Waals surface area contributed by atoms with Crippen LogP contribution in [0.25, 0.3) is 0 Å². The Hall–Kier alpha value is 0.0300. The number of thioether (sulfide) groups is 1. The zero-order valence-electron chi connectivity index (χ0n) is 8.78. The summed E-state index contributed by atoms with van der Waals surface area (Å²) in [6.45, 7) is 3.06. The van der Waals surface area contributed by atoms with Crippen molar-refractivity contribution in [2.24, 2.45) is 0 Å². The second-order valence-electron chi connectivity index (χ2n) is 3.25. The van der Waals surface area contributed by atoms with E-state index in [-0.39, 0.29) is 24.9 Å². The number of carbonyl (C=O) groups is 1. The van der Waals surface area contributed by atoms with Gasteiger partial charge in [-0.2, -0.15) is 11.8 Å². The number of aliphatic hydroxyl groups is 1. The van der Waals surface area contributed by atoms with Gasteiger partial charge in [0.2, 0.25) is 5.91 Å². The van der Waals surface area contributed by atoms with Crippen LogP contribution >= 0.6 is 24.2 Å². The molecule has 15 heavy (non-hydrogen) atoms. The zero-order valence-corrected chi connectivity index (χ0v) is 10.4. The van der Waals surface area contributed by atoms with Crippen LogP contribution in [0, 0.1) is 0 Å². The molecule has 0 radical (unpaired) electrons. The number of hydrogen-bond acceptors (Lipinski definition) is 4. The summed E-state index contributed by atoms with van der Waals surface area (Å²) in [5, 5.41) is 11.6. The normalized spacial score (nSPS) is 15.9. The molecular weight excluding hydrogens is 236 g/mol. The molecular formula is C9H19ClN2O2S. The van der Waals surface area contributed by atoms with Gasteiger partial charge < -0.3 is 15.3 Å². The maximum Gasteiger partial charge on any atom is 0.236 e. The number of nitrogens with one attached hydrogen (secondary N) is 1. The minimum atomic E-state index is 0. The lowest BCUT2D eigenvalue weighted by Crippen LogP contribution is -2.42. The lowest BCUT2D eigenvalue weighted by Gasteiger charge is -2.26. The topological polar surface area (TPSA) is 52.6 Å². The molecule has 1 aliphatic heterocycles. The monoisotopic (exact) mass is 254 g/mol. The summed E-state index contributed by atoms with van der Waals surface area (Å²) in [6, 6.07) is 0. The molecule has 2 N–H and O–H groups in total. The van der Waals surface area contributed by atoms with Gasteiger partial charge in [0.05, 0.1) is 6.54 Å². The number of carbonyl (C=O) groups excluding carboxylic acids is 1. The Morgan fingerprint density at radius 2 is 2.07 bits per heavy atom. The van der Waals surface area contributed by atoms with Gasteiger partial charge >= 0.3 is 0 Å². The van der Waals surface area contributed by atoms with Gasteiger partial charge in [0, 0.05) is 31.2 Å². The Kier molecular flexibility index (Phi) is 9.29. The van der Waals surface area contributed by atoms with Crippen LogP contribution in [-0.4, -0.2) is 60.2 Å². The second kappa shape index (κ2) is 9.27. The van der Waals surface area contributed by atoms with E-state index in [1.807, 2.05) is 16.7 Å². The molecule has 0 aromatic heterocycles. The minimum absolute atomic E-state index is 0. The van der Waals surface area contributed by atoms with Crippen LogP contribution in [0.3, 0.4) is 0 Å². The average Bonchev–Trinajstić information content (AvgIpc) is 2.25. The fraction of sp³-hybridized carbons (Fsp3) is 0.889. The van der Waals surface area contributed by atoms with Gasteiger partial charge in [-0.15, -0.1) is 12.4 Å². The second-order valence-corrected chi connectivity index (χ2v) is 4.47. The van der Waals surface area contributed by atoms with Crippen molar-refractivity contribution in [2.45, 2.75) is 6.42 Å². The van der Waals surface area contributed by atoms with Crippen molar-refractivity contribution in [2.75, 3.05) is 44.3 Å². The Labute approximate surface area is 101 Å². The van der Waals surface area contributed by atoms with Crippen molar-refractivity contribution < 1.29 is 9.90 Å². The fourth-order valence-corrected chi connectivity index (χ4v) is 2.23. The van der Waals surface area contributed by atoms with E-state index >= 15 is 0 Å². The first kappa shape index (κ1) is 15.0. The van der Waals surface area contributed by atoms with E-state index in [0.717, 1.165) is 24.6 Å². The van der Waals surface area contributed by atoms with E-state index in [1.165, 1.54) is 0 Å². The predicted octanol–water partition coefficient (Wildman–Crippen LogP) is -0.0444. The van der Waals surface area contributed by atoms with Crippen molar-refractivity contribution in [1.29, 1.82) is 0 Å². The zero-order chi connectivity index (χ0) is 10.2. The van der Waals surface area contributed by atoms with E-state index in [2.05, 4.69) is 5.32 Å². The highest BCUT2D eigenvalue weighted by atomic mass is 35.5. The minimum Gasteiger partial charge on any atom is -0.396 e. The van der Waals surface area contributed by atoms with Crippen molar-refractivity contribution in [1.82, 2.24) is 10.2 Å². The van der Waals surface area contributed by atoms with Crippen molar-refractivity contribution in [3.05, 3.63) is 0 Å². The first-order valence-corrected chi connectivity index (χ1v) is 6.17. The predicted molar refractivity (Wildman–Crippen MR) is 65.7 cm³/mol. The summed E-state index contributed by atoms with van der Waals surface area (Å²) in [4.78, 5) is 13.5. The quantitative estimate of drug-likeness (QED) is 0.676. The molecule has 0 saturated carbocycles. The fourth-order valence-electron chi connectivity index (χ4n) is 1.32. The van der Waals surface area contributed by atoms with Gasteiger partial charge in [-0.05, 0) is 13.0 Å². The third-order valence-corrected chi connectivity index (χ3v) is 3.09. The molecule has 0 spiro atoms. The highest BCUT2D eigenvalue weighted by Crippen LogP contribution is 2.08. The van der Waals surface area contributed by atoms with Crippen LogP contribution in [0.15, 0.2) is 0 Å². The molecule has 1 aliphatic rings. The molecule has 0 aromatic carbocycles. The van der Waals surface area contributed by atoms with Gasteiger partial charge in [-0.1, -0.05) is 0 Å². The summed E-state index contributed by atoms with van der Waals surface area (Å²) >= 11 is 1.90. The molecule has 1 heterocycles. The molecule has 1 fully saturated rings. The third kappa shape index (κ3) is 6.25. The number of rotatable bonds is 5. The molecule has 0 unspecified atom stereocenters. The highest BCUT2D eigenvalue weighted by molar-refractivity contribution is 7.99. The average molecular weight is 255 g/mol. The molecule has 0 aliphatic carbocycles. The first-order chi connectivity index (χ1) is 6.84. The maximum atomic E-state index is 11.6. The first-order valence-electron chi connectivity index (χ1n) is 5.01. The molecule has 6 heteroatoms. The van der Waals surface area contributed by atoms with Crippen molar-refractivity contribution in [3.8, 4) is 0 Å². The summed E-state index contributed by atoms with van der Waals surface area (Å²) in [6.07, 6.45) is 0.711. The Morgan fingerprint density at radius 3 is 2.67 bits per heavy atom. The van der Waals surface area contributed by atoms with E-state index in [1.54, 1.807) is 0 Å². The summed E-state index contributed by atoms with van der Waals surface area (Å²) < 4.78 is 0. The number of hydrogen-bond donors (Lipinski definition) is 2. The number of nitrogens with zero attached hydrogens (tertiary/aromatic N) is 1. The van der Waals surface area contributed by atoms with Crippen LogP contribution < -0.4 is 5.32 Å². The van der Waals surface area contributed by atoms with Crippen LogP contribution in [-0.2, 0) is 4.79 Å². The Bertz CT molecular complexity index is 177. The third-order valence-electron chi connectivity index (χ3n) is 2.15. The number of aliphatic hydroxyl groups excluding tert-OH is 1. The van der Waals surface area contributed by atoms with E-state index in [9.17, 15) is 4.79 Å². The van der Waals surface area contributed by atoms with Gasteiger partial charge in [-0.3, -0.25) is 4.79 Å². The molecule has 1 rings (SSSR count). The lowest BCUT2D eigenvalue weighted by atomic mass is 10.4. The smallest absolute Gasteiger partial charge is 0.236 e.